The van der Waals surface area contributed by atoms with E-state index < -0.39 is 17.7 Å². The fourth-order valence-electron chi connectivity index (χ4n) is 1.43. The maximum absolute atomic E-state index is 13.0. The van der Waals surface area contributed by atoms with E-state index in [2.05, 4.69) is 10.6 Å². The molecule has 3 nitrogen and oxygen atoms in total. The van der Waals surface area contributed by atoms with Gasteiger partial charge in [0, 0.05) is 17.3 Å². The maximum Gasteiger partial charge on any atom is 0.242 e. The molecule has 1 aromatic rings. The fourth-order valence-corrected chi connectivity index (χ4v) is 1.43. The Bertz CT molecular complexity index is 421. The van der Waals surface area contributed by atoms with Crippen LogP contribution in [0.5, 0.6) is 0 Å². The van der Waals surface area contributed by atoms with Crippen LogP contribution in [0.3, 0.4) is 0 Å². The van der Waals surface area contributed by atoms with Gasteiger partial charge in [-0.05, 0) is 39.8 Å². The number of rotatable bonds is 3. The normalized spacial score (nSPS) is 13.0. The molecular weight excluding hydrogens is 238 g/mol. The van der Waals surface area contributed by atoms with Gasteiger partial charge in [0.25, 0.3) is 0 Å². The monoisotopic (exact) mass is 256 g/mol. The van der Waals surface area contributed by atoms with Crippen molar-refractivity contribution < 1.29 is 13.6 Å². The minimum atomic E-state index is -0.680. The zero-order chi connectivity index (χ0) is 13.9. The van der Waals surface area contributed by atoms with E-state index in [1.807, 2.05) is 20.8 Å². The lowest BCUT2D eigenvalue weighted by atomic mass is 10.1. The summed E-state index contributed by atoms with van der Waals surface area (Å²) >= 11 is 0. The van der Waals surface area contributed by atoms with Gasteiger partial charge in [-0.3, -0.25) is 4.79 Å². The first-order valence-corrected chi connectivity index (χ1v) is 5.72. The van der Waals surface area contributed by atoms with Crippen molar-refractivity contribution in [2.45, 2.75) is 39.3 Å². The summed E-state index contributed by atoms with van der Waals surface area (Å²) in [5.74, 6) is -1.59. The van der Waals surface area contributed by atoms with Gasteiger partial charge in [0.1, 0.15) is 17.7 Å². The minimum absolute atomic E-state index is 0.229. The van der Waals surface area contributed by atoms with Gasteiger partial charge in [0.15, 0.2) is 0 Å². The van der Waals surface area contributed by atoms with E-state index in [9.17, 15) is 13.6 Å². The van der Waals surface area contributed by atoms with E-state index in [1.165, 1.54) is 0 Å². The van der Waals surface area contributed by atoms with Gasteiger partial charge in [-0.25, -0.2) is 8.78 Å². The Morgan fingerprint density at radius 2 is 1.67 bits per heavy atom. The number of carbonyl (C=O) groups excluding carboxylic acids is 1. The summed E-state index contributed by atoms with van der Waals surface area (Å²) in [6.45, 7) is 7.21. The molecule has 0 aromatic heterocycles. The molecule has 18 heavy (non-hydrogen) atoms. The molecule has 1 aromatic carbocycles. The quantitative estimate of drug-likeness (QED) is 0.873. The molecule has 0 aliphatic heterocycles. The summed E-state index contributed by atoms with van der Waals surface area (Å²) in [5.41, 5.74) is -0.107. The number of hydrogen-bond acceptors (Lipinski definition) is 2. The first-order valence-electron chi connectivity index (χ1n) is 5.72. The molecule has 100 valence electrons. The number of benzene rings is 1. The van der Waals surface area contributed by atoms with E-state index in [0.29, 0.717) is 0 Å². The lowest BCUT2D eigenvalue weighted by Crippen LogP contribution is -2.47. The molecule has 2 N–H and O–H groups in total. The zero-order valence-corrected chi connectivity index (χ0v) is 11.0. The van der Waals surface area contributed by atoms with Crippen molar-refractivity contribution in [3.05, 3.63) is 29.8 Å². The van der Waals surface area contributed by atoms with Gasteiger partial charge >= 0.3 is 0 Å². The van der Waals surface area contributed by atoms with Crippen molar-refractivity contribution in [3.63, 3.8) is 0 Å². The minimum Gasteiger partial charge on any atom is -0.374 e. The lowest BCUT2D eigenvalue weighted by molar-refractivity contribution is -0.122. The first kappa shape index (κ1) is 14.4. The van der Waals surface area contributed by atoms with E-state index in [0.717, 1.165) is 18.2 Å². The van der Waals surface area contributed by atoms with Gasteiger partial charge in [0.2, 0.25) is 5.91 Å². The predicted octanol–water partition coefficient (Wildman–Crippen LogP) is 2.68. The van der Waals surface area contributed by atoms with Crippen LogP contribution in [0.15, 0.2) is 18.2 Å². The third-order valence-electron chi connectivity index (χ3n) is 2.14. The summed E-state index contributed by atoms with van der Waals surface area (Å²) in [6, 6.07) is 2.49. The van der Waals surface area contributed by atoms with Crippen LogP contribution >= 0.6 is 0 Å². The second-order valence-electron chi connectivity index (χ2n) is 5.26. The van der Waals surface area contributed by atoms with Crippen LogP contribution in [0, 0.1) is 11.6 Å². The Morgan fingerprint density at radius 3 is 2.11 bits per heavy atom. The van der Waals surface area contributed by atoms with Crippen molar-refractivity contribution >= 4 is 11.6 Å². The summed E-state index contributed by atoms with van der Waals surface area (Å²) < 4.78 is 25.9. The van der Waals surface area contributed by atoms with E-state index in [1.54, 1.807) is 6.92 Å². The van der Waals surface area contributed by atoms with Crippen molar-refractivity contribution in [1.29, 1.82) is 0 Å². The smallest absolute Gasteiger partial charge is 0.242 e. The summed E-state index contributed by atoms with van der Waals surface area (Å²) in [6.07, 6.45) is 0. The van der Waals surface area contributed by atoms with Crippen LogP contribution in [0.1, 0.15) is 27.7 Å². The summed E-state index contributed by atoms with van der Waals surface area (Å²) in [4.78, 5) is 11.8. The molecule has 0 aliphatic rings. The van der Waals surface area contributed by atoms with Crippen molar-refractivity contribution in [2.24, 2.45) is 0 Å². The highest BCUT2D eigenvalue weighted by Crippen LogP contribution is 2.14. The van der Waals surface area contributed by atoms with Crippen LogP contribution < -0.4 is 10.6 Å². The Balaban J connectivity index is 2.69. The molecule has 0 radical (unpaired) electrons. The topological polar surface area (TPSA) is 41.1 Å². The molecule has 0 heterocycles. The van der Waals surface area contributed by atoms with Gasteiger partial charge in [-0.1, -0.05) is 0 Å². The van der Waals surface area contributed by atoms with Crippen LogP contribution in [0.4, 0.5) is 14.5 Å². The molecule has 0 aliphatic carbocycles. The molecule has 0 spiro atoms. The van der Waals surface area contributed by atoms with Crippen molar-refractivity contribution in [2.75, 3.05) is 5.32 Å². The van der Waals surface area contributed by atoms with Gasteiger partial charge < -0.3 is 10.6 Å². The fraction of sp³-hybridized carbons (Fsp3) is 0.462. The Kier molecular flexibility index (Phi) is 4.27. The SMILES string of the molecule is CC(Nc1cc(F)cc(F)c1)C(=O)NC(C)(C)C. The Labute approximate surface area is 106 Å². The highest BCUT2D eigenvalue weighted by molar-refractivity contribution is 5.84. The molecule has 5 heteroatoms. The number of anilines is 1. The van der Waals surface area contributed by atoms with Crippen LogP contribution in [0.25, 0.3) is 0 Å². The second kappa shape index (κ2) is 5.33. The van der Waals surface area contributed by atoms with E-state index in [-0.39, 0.29) is 17.1 Å². The number of nitrogens with one attached hydrogen (secondary N) is 2. The maximum atomic E-state index is 13.0. The zero-order valence-electron chi connectivity index (χ0n) is 11.0. The lowest BCUT2D eigenvalue weighted by Gasteiger charge is -2.24. The van der Waals surface area contributed by atoms with Crippen LogP contribution in [-0.4, -0.2) is 17.5 Å². The van der Waals surface area contributed by atoms with Crippen molar-refractivity contribution in [3.8, 4) is 0 Å². The van der Waals surface area contributed by atoms with Crippen LogP contribution in [0.2, 0.25) is 0 Å². The molecule has 1 unspecified atom stereocenters. The Morgan fingerprint density at radius 1 is 1.17 bits per heavy atom. The summed E-state index contributed by atoms with van der Waals surface area (Å²) in [7, 11) is 0. The van der Waals surface area contributed by atoms with Crippen LogP contribution in [-0.2, 0) is 4.79 Å². The number of carbonyl (C=O) groups is 1. The van der Waals surface area contributed by atoms with Crippen molar-refractivity contribution in [1.82, 2.24) is 5.32 Å². The van der Waals surface area contributed by atoms with E-state index in [4.69, 9.17) is 0 Å². The third-order valence-corrected chi connectivity index (χ3v) is 2.14. The number of amides is 1. The predicted molar refractivity (Wildman–Crippen MR) is 67.3 cm³/mol. The highest BCUT2D eigenvalue weighted by Gasteiger charge is 2.19. The molecular formula is C13H18F2N2O. The molecule has 0 saturated heterocycles. The molecule has 1 amide bonds. The largest absolute Gasteiger partial charge is 0.374 e. The molecule has 0 saturated carbocycles. The second-order valence-corrected chi connectivity index (χ2v) is 5.26. The summed E-state index contributed by atoms with van der Waals surface area (Å²) in [5, 5.41) is 5.53. The Hall–Kier alpha value is -1.65. The average Bonchev–Trinajstić information content (AvgIpc) is 2.12. The first-order chi connectivity index (χ1) is 8.17. The number of hydrogen-bond donors (Lipinski definition) is 2. The molecule has 1 rings (SSSR count). The van der Waals surface area contributed by atoms with E-state index >= 15 is 0 Å². The van der Waals surface area contributed by atoms with Gasteiger partial charge in [0.05, 0.1) is 0 Å². The number of halogens is 2. The molecule has 1 atom stereocenters. The highest BCUT2D eigenvalue weighted by atomic mass is 19.1. The van der Waals surface area contributed by atoms with Gasteiger partial charge in [-0.15, -0.1) is 0 Å². The average molecular weight is 256 g/mol. The molecule has 0 bridgehead atoms. The molecule has 0 fully saturated rings. The van der Waals surface area contributed by atoms with Gasteiger partial charge in [-0.2, -0.15) is 0 Å². The standard InChI is InChI=1S/C13H18F2N2O/c1-8(12(18)17-13(2,3)4)16-11-6-9(14)5-10(15)7-11/h5-8,16H,1-4H3,(H,17,18). The third kappa shape index (κ3) is 4.69.